The molecule has 0 aliphatic carbocycles. The van der Waals surface area contributed by atoms with E-state index in [9.17, 15) is 4.79 Å². The highest BCUT2D eigenvalue weighted by Crippen LogP contribution is 2.31. The van der Waals surface area contributed by atoms with Gasteiger partial charge in [0.2, 0.25) is 5.91 Å². The Morgan fingerprint density at radius 1 is 1.30 bits per heavy atom. The molecule has 0 spiro atoms. The molecule has 1 aromatic heterocycles. The van der Waals surface area contributed by atoms with Crippen LogP contribution < -0.4 is 15.4 Å². The van der Waals surface area contributed by atoms with Crippen LogP contribution in [0.15, 0.2) is 48.8 Å². The van der Waals surface area contributed by atoms with E-state index in [1.54, 1.807) is 6.20 Å². The first-order valence-corrected chi connectivity index (χ1v) is 9.17. The molecule has 2 aliphatic rings. The number of benzene rings is 1. The fourth-order valence-electron chi connectivity index (χ4n) is 3.75. The Balaban J connectivity index is 0.00000210. The molecule has 27 heavy (non-hydrogen) atoms. The number of fused-ring (bicyclic) bond motifs is 1. The van der Waals surface area contributed by atoms with Crippen molar-refractivity contribution in [2.75, 3.05) is 32.8 Å². The van der Waals surface area contributed by atoms with Gasteiger partial charge < -0.3 is 15.4 Å². The fraction of sp³-hybridized carbons (Fsp3) is 0.400. The molecule has 2 aliphatic heterocycles. The molecule has 0 bridgehead atoms. The van der Waals surface area contributed by atoms with E-state index in [2.05, 4.69) is 26.6 Å². The van der Waals surface area contributed by atoms with Gasteiger partial charge in [0.15, 0.2) is 0 Å². The van der Waals surface area contributed by atoms with Crippen LogP contribution in [0, 0.1) is 0 Å². The number of carbonyl (C=O) groups excluding carboxylic acids is 1. The second kappa shape index (κ2) is 9.17. The van der Waals surface area contributed by atoms with Gasteiger partial charge in [-0.05, 0) is 17.7 Å². The first-order valence-electron chi connectivity index (χ1n) is 9.17. The van der Waals surface area contributed by atoms with Gasteiger partial charge in [-0.25, -0.2) is 0 Å². The Labute approximate surface area is 165 Å². The van der Waals surface area contributed by atoms with Crippen LogP contribution in [-0.4, -0.2) is 48.6 Å². The predicted octanol–water partition coefficient (Wildman–Crippen LogP) is 2.09. The molecule has 1 aromatic carbocycles. The second-order valence-electron chi connectivity index (χ2n) is 6.77. The lowest BCUT2D eigenvalue weighted by Gasteiger charge is -2.36. The third kappa shape index (κ3) is 4.58. The average molecular weight is 389 g/mol. The third-order valence-electron chi connectivity index (χ3n) is 5.06. The quantitative estimate of drug-likeness (QED) is 0.839. The molecular formula is C20H25ClN4O2. The normalized spacial score (nSPS) is 22.1. The van der Waals surface area contributed by atoms with Crippen molar-refractivity contribution in [2.45, 2.75) is 18.5 Å². The molecule has 2 N–H and O–H groups in total. The summed E-state index contributed by atoms with van der Waals surface area (Å²) in [5.41, 5.74) is 2.21. The maximum absolute atomic E-state index is 12.7. The molecule has 1 saturated heterocycles. The minimum absolute atomic E-state index is 0. The number of pyridine rings is 1. The Morgan fingerprint density at radius 2 is 2.19 bits per heavy atom. The molecule has 3 heterocycles. The van der Waals surface area contributed by atoms with Crippen LogP contribution in [0.3, 0.4) is 0 Å². The van der Waals surface area contributed by atoms with Gasteiger partial charge >= 0.3 is 0 Å². The highest BCUT2D eigenvalue weighted by atomic mass is 35.5. The Morgan fingerprint density at radius 3 is 3.04 bits per heavy atom. The number of amides is 1. The van der Waals surface area contributed by atoms with Gasteiger partial charge in [-0.3, -0.25) is 14.7 Å². The smallest absolute Gasteiger partial charge is 0.234 e. The zero-order chi connectivity index (χ0) is 17.8. The number of halogens is 1. The summed E-state index contributed by atoms with van der Waals surface area (Å²) in [4.78, 5) is 19.2. The number of piperazine rings is 1. The van der Waals surface area contributed by atoms with Crippen LogP contribution in [0.5, 0.6) is 5.75 Å². The molecule has 6 nitrogen and oxygen atoms in total. The molecule has 0 saturated carbocycles. The van der Waals surface area contributed by atoms with E-state index in [1.807, 2.05) is 36.5 Å². The van der Waals surface area contributed by atoms with E-state index in [-0.39, 0.29) is 30.4 Å². The number of nitrogens with one attached hydrogen (secondary N) is 2. The largest absolute Gasteiger partial charge is 0.493 e. The van der Waals surface area contributed by atoms with Crippen LogP contribution in [0.2, 0.25) is 0 Å². The van der Waals surface area contributed by atoms with E-state index in [0.29, 0.717) is 13.2 Å². The Kier molecular flexibility index (Phi) is 6.66. The van der Waals surface area contributed by atoms with Crippen molar-refractivity contribution < 1.29 is 9.53 Å². The Hall–Kier alpha value is -2.15. The van der Waals surface area contributed by atoms with E-state index in [0.717, 1.165) is 42.9 Å². The molecule has 2 atom stereocenters. The summed E-state index contributed by atoms with van der Waals surface area (Å²) in [5, 5.41) is 6.61. The van der Waals surface area contributed by atoms with Crippen molar-refractivity contribution in [3.05, 3.63) is 59.9 Å². The summed E-state index contributed by atoms with van der Waals surface area (Å²) >= 11 is 0. The number of hydrogen-bond acceptors (Lipinski definition) is 5. The molecule has 0 radical (unpaired) electrons. The SMILES string of the molecule is Cl.O=C(CN1CCNCC1c1cccnc1)NC1CCOc2ccccc21. The minimum atomic E-state index is 0. The summed E-state index contributed by atoms with van der Waals surface area (Å²) in [6.45, 7) is 3.59. The van der Waals surface area contributed by atoms with Crippen molar-refractivity contribution in [1.82, 2.24) is 20.5 Å². The van der Waals surface area contributed by atoms with E-state index in [1.165, 1.54) is 0 Å². The van der Waals surface area contributed by atoms with Crippen LogP contribution >= 0.6 is 12.4 Å². The summed E-state index contributed by atoms with van der Waals surface area (Å²) in [7, 11) is 0. The Bertz CT molecular complexity index is 759. The molecule has 2 unspecified atom stereocenters. The molecular weight excluding hydrogens is 364 g/mol. The zero-order valence-corrected chi connectivity index (χ0v) is 16.0. The van der Waals surface area contributed by atoms with E-state index >= 15 is 0 Å². The fourth-order valence-corrected chi connectivity index (χ4v) is 3.75. The maximum Gasteiger partial charge on any atom is 0.234 e. The maximum atomic E-state index is 12.7. The van der Waals surface area contributed by atoms with Gasteiger partial charge in [-0.2, -0.15) is 0 Å². The molecule has 2 aromatic rings. The molecule has 1 amide bonds. The van der Waals surface area contributed by atoms with Gasteiger partial charge in [-0.15, -0.1) is 12.4 Å². The van der Waals surface area contributed by atoms with Crippen LogP contribution in [0.4, 0.5) is 0 Å². The van der Waals surface area contributed by atoms with Crippen molar-refractivity contribution in [3.63, 3.8) is 0 Å². The molecule has 144 valence electrons. The number of rotatable bonds is 4. The average Bonchev–Trinajstić information content (AvgIpc) is 2.69. The standard InChI is InChI=1S/C20H24N4O2.ClH/c25-20(23-17-7-11-26-19-6-2-1-5-16(17)19)14-24-10-9-22-13-18(24)15-4-3-8-21-12-15;/h1-6,8,12,17-18,22H,7,9-11,13-14H2,(H,23,25);1H. The van der Waals surface area contributed by atoms with Crippen molar-refractivity contribution >= 4 is 18.3 Å². The van der Waals surface area contributed by atoms with E-state index in [4.69, 9.17) is 4.74 Å². The van der Waals surface area contributed by atoms with Gasteiger partial charge in [0.05, 0.1) is 19.2 Å². The van der Waals surface area contributed by atoms with Gasteiger partial charge in [0, 0.05) is 50.1 Å². The van der Waals surface area contributed by atoms with Gasteiger partial charge in [0.1, 0.15) is 5.75 Å². The summed E-state index contributed by atoms with van der Waals surface area (Å²) in [6.07, 6.45) is 4.47. The monoisotopic (exact) mass is 388 g/mol. The highest BCUT2D eigenvalue weighted by molar-refractivity contribution is 5.85. The third-order valence-corrected chi connectivity index (χ3v) is 5.06. The minimum Gasteiger partial charge on any atom is -0.493 e. The van der Waals surface area contributed by atoms with Crippen LogP contribution in [0.1, 0.15) is 29.6 Å². The topological polar surface area (TPSA) is 66.5 Å². The lowest BCUT2D eigenvalue weighted by molar-refractivity contribution is -0.124. The van der Waals surface area contributed by atoms with Crippen LogP contribution in [-0.2, 0) is 4.79 Å². The van der Waals surface area contributed by atoms with Crippen molar-refractivity contribution in [2.24, 2.45) is 0 Å². The number of para-hydroxylation sites is 1. The predicted molar refractivity (Wildman–Crippen MR) is 106 cm³/mol. The number of aromatic nitrogens is 1. The van der Waals surface area contributed by atoms with Crippen LogP contribution in [0.25, 0.3) is 0 Å². The summed E-state index contributed by atoms with van der Waals surface area (Å²) in [6, 6.07) is 12.2. The summed E-state index contributed by atoms with van der Waals surface area (Å²) in [5.74, 6) is 0.932. The number of nitrogens with zero attached hydrogens (tertiary/aromatic N) is 2. The number of hydrogen-bond donors (Lipinski definition) is 2. The molecule has 1 fully saturated rings. The van der Waals surface area contributed by atoms with Crippen molar-refractivity contribution in [3.8, 4) is 5.75 Å². The number of carbonyl (C=O) groups is 1. The van der Waals surface area contributed by atoms with Crippen molar-refractivity contribution in [1.29, 1.82) is 0 Å². The first-order chi connectivity index (χ1) is 12.8. The molecule has 7 heteroatoms. The van der Waals surface area contributed by atoms with Gasteiger partial charge in [0.25, 0.3) is 0 Å². The zero-order valence-electron chi connectivity index (χ0n) is 15.1. The molecule has 4 rings (SSSR count). The first kappa shape index (κ1) is 19.6. The lowest BCUT2D eigenvalue weighted by Crippen LogP contribution is -2.50. The van der Waals surface area contributed by atoms with E-state index < -0.39 is 0 Å². The number of ether oxygens (including phenoxy) is 1. The van der Waals surface area contributed by atoms with Gasteiger partial charge in [-0.1, -0.05) is 24.3 Å². The highest BCUT2D eigenvalue weighted by Gasteiger charge is 2.28. The second-order valence-corrected chi connectivity index (χ2v) is 6.77. The summed E-state index contributed by atoms with van der Waals surface area (Å²) < 4.78 is 5.68. The lowest BCUT2D eigenvalue weighted by atomic mass is 10.0.